The molecule has 1 aliphatic carbocycles. The first-order valence-electron chi connectivity index (χ1n) is 9.74. The molecule has 1 saturated heterocycles. The topological polar surface area (TPSA) is 50.8 Å². The van der Waals surface area contributed by atoms with E-state index < -0.39 is 0 Å². The molecule has 27 heavy (non-hydrogen) atoms. The van der Waals surface area contributed by atoms with Gasteiger partial charge in [-0.25, -0.2) is 0 Å². The van der Waals surface area contributed by atoms with Crippen molar-refractivity contribution in [3.63, 3.8) is 0 Å². The first-order chi connectivity index (χ1) is 13.3. The van der Waals surface area contributed by atoms with Crippen molar-refractivity contribution in [2.45, 2.75) is 37.9 Å². The lowest BCUT2D eigenvalue weighted by atomic mass is 10.1. The Morgan fingerprint density at radius 3 is 2.48 bits per heavy atom. The third kappa shape index (κ3) is 3.28. The van der Waals surface area contributed by atoms with Crippen LogP contribution in [-0.2, 0) is 24.2 Å². The van der Waals surface area contributed by atoms with Gasteiger partial charge in [-0.1, -0.05) is 30.3 Å². The van der Waals surface area contributed by atoms with Crippen molar-refractivity contribution in [2.75, 3.05) is 19.8 Å². The Kier molecular flexibility index (Phi) is 4.24. The highest BCUT2D eigenvalue weighted by Crippen LogP contribution is 2.31. The second kappa shape index (κ2) is 6.89. The zero-order valence-corrected chi connectivity index (χ0v) is 15.3. The summed E-state index contributed by atoms with van der Waals surface area (Å²) in [5.74, 6) is 1.90. The highest BCUT2D eigenvalue weighted by molar-refractivity contribution is 5.80. The molecule has 2 aliphatic heterocycles. The number of nitrogens with zero attached hydrogens (tertiary/aromatic N) is 1. The minimum Gasteiger partial charge on any atom is -0.486 e. The predicted octanol–water partition coefficient (Wildman–Crippen LogP) is 2.32. The molecule has 1 N–H and O–H groups in total. The van der Waals surface area contributed by atoms with E-state index in [1.807, 2.05) is 12.1 Å². The van der Waals surface area contributed by atoms with Crippen molar-refractivity contribution >= 4 is 5.91 Å². The summed E-state index contributed by atoms with van der Waals surface area (Å²) in [6.07, 6.45) is 2.55. The molecule has 3 aliphatic rings. The Bertz CT molecular complexity index is 841. The van der Waals surface area contributed by atoms with Crippen LogP contribution in [-0.4, -0.2) is 42.6 Å². The van der Waals surface area contributed by atoms with Crippen LogP contribution in [0.4, 0.5) is 0 Å². The van der Waals surface area contributed by atoms with E-state index in [4.69, 9.17) is 9.47 Å². The molecule has 1 atom stereocenters. The number of amides is 1. The van der Waals surface area contributed by atoms with Gasteiger partial charge in [0.05, 0.1) is 0 Å². The number of hydrogen-bond donors (Lipinski definition) is 1. The van der Waals surface area contributed by atoms with Gasteiger partial charge in [-0.2, -0.15) is 0 Å². The van der Waals surface area contributed by atoms with Gasteiger partial charge in [0.25, 0.3) is 0 Å². The molecule has 0 spiro atoms. The minimum atomic E-state index is 0.203. The summed E-state index contributed by atoms with van der Waals surface area (Å²) in [5, 5.41) is 3.55. The largest absolute Gasteiger partial charge is 0.486 e. The molecule has 2 heterocycles. The molecule has 2 aromatic rings. The maximum absolute atomic E-state index is 12.6. The number of nitrogens with one attached hydrogen (secondary N) is 1. The maximum Gasteiger partial charge on any atom is 0.224 e. The van der Waals surface area contributed by atoms with E-state index in [-0.39, 0.29) is 11.9 Å². The Labute approximate surface area is 159 Å². The number of benzene rings is 2. The highest BCUT2D eigenvalue weighted by Gasteiger charge is 2.36. The average molecular weight is 364 g/mol. The molecule has 0 unspecified atom stereocenters. The van der Waals surface area contributed by atoms with Gasteiger partial charge in [0.2, 0.25) is 5.91 Å². The van der Waals surface area contributed by atoms with Crippen LogP contribution in [0, 0.1) is 0 Å². The fourth-order valence-corrected chi connectivity index (χ4v) is 4.44. The van der Waals surface area contributed by atoms with Crippen LogP contribution < -0.4 is 14.8 Å². The molecule has 2 aromatic carbocycles. The maximum atomic E-state index is 12.6. The zero-order valence-electron chi connectivity index (χ0n) is 15.3. The molecule has 140 valence electrons. The average Bonchev–Trinajstić information content (AvgIpc) is 3.29. The van der Waals surface area contributed by atoms with Crippen LogP contribution in [0.25, 0.3) is 0 Å². The molecule has 1 amide bonds. The summed E-state index contributed by atoms with van der Waals surface area (Å²) in [7, 11) is 0. The summed E-state index contributed by atoms with van der Waals surface area (Å²) in [6, 6.07) is 15.1. The number of rotatable bonds is 4. The summed E-state index contributed by atoms with van der Waals surface area (Å²) in [5.41, 5.74) is 3.93. The molecule has 1 fully saturated rings. The van der Waals surface area contributed by atoms with Crippen LogP contribution in [0.1, 0.15) is 23.1 Å². The summed E-state index contributed by atoms with van der Waals surface area (Å²) in [4.78, 5) is 14.7. The number of hydrogen-bond acceptors (Lipinski definition) is 4. The van der Waals surface area contributed by atoms with Gasteiger partial charge in [-0.05, 0) is 41.7 Å². The van der Waals surface area contributed by atoms with Crippen LogP contribution in [0.3, 0.4) is 0 Å². The Hall–Kier alpha value is -2.53. The molecular formula is C22H24N2O3. The molecule has 5 nitrogen and oxygen atoms in total. The van der Waals surface area contributed by atoms with Gasteiger partial charge in [0, 0.05) is 31.6 Å². The van der Waals surface area contributed by atoms with E-state index >= 15 is 0 Å². The molecule has 0 bridgehead atoms. The van der Waals surface area contributed by atoms with E-state index in [0.717, 1.165) is 43.0 Å². The van der Waals surface area contributed by atoms with Gasteiger partial charge in [0.1, 0.15) is 13.2 Å². The Morgan fingerprint density at radius 2 is 1.70 bits per heavy atom. The molecule has 5 rings (SSSR count). The molecule has 0 aromatic heterocycles. The monoisotopic (exact) mass is 364 g/mol. The first-order valence-corrected chi connectivity index (χ1v) is 9.74. The van der Waals surface area contributed by atoms with Crippen molar-refractivity contribution in [2.24, 2.45) is 0 Å². The molecular weight excluding hydrogens is 340 g/mol. The number of fused-ring (bicyclic) bond motifs is 2. The predicted molar refractivity (Wildman–Crippen MR) is 102 cm³/mol. The van der Waals surface area contributed by atoms with Gasteiger partial charge in [0.15, 0.2) is 11.5 Å². The SMILES string of the molecule is O=C1C[C@H](NCc2ccc3c(c2)OCCO3)CN1C1Cc2ccccc2C1. The van der Waals surface area contributed by atoms with Crippen LogP contribution in [0.15, 0.2) is 42.5 Å². The second-order valence-electron chi connectivity index (χ2n) is 7.64. The van der Waals surface area contributed by atoms with Crippen LogP contribution >= 0.6 is 0 Å². The number of carbonyl (C=O) groups excluding carboxylic acids is 1. The minimum absolute atomic E-state index is 0.203. The lowest BCUT2D eigenvalue weighted by Crippen LogP contribution is -2.39. The van der Waals surface area contributed by atoms with Crippen LogP contribution in [0.5, 0.6) is 11.5 Å². The van der Waals surface area contributed by atoms with Crippen molar-refractivity contribution in [3.05, 3.63) is 59.2 Å². The lowest BCUT2D eigenvalue weighted by molar-refractivity contribution is -0.129. The van der Waals surface area contributed by atoms with Crippen molar-refractivity contribution in [1.29, 1.82) is 0 Å². The molecule has 0 radical (unpaired) electrons. The smallest absolute Gasteiger partial charge is 0.224 e. The number of likely N-dealkylation sites (tertiary alicyclic amines) is 1. The lowest BCUT2D eigenvalue weighted by Gasteiger charge is -2.24. The summed E-state index contributed by atoms with van der Waals surface area (Å²) in [6.45, 7) is 2.73. The fourth-order valence-electron chi connectivity index (χ4n) is 4.44. The summed E-state index contributed by atoms with van der Waals surface area (Å²) >= 11 is 0. The quantitative estimate of drug-likeness (QED) is 0.905. The van der Waals surface area contributed by atoms with Gasteiger partial charge in [-0.3, -0.25) is 4.79 Å². The van der Waals surface area contributed by atoms with E-state index in [9.17, 15) is 4.79 Å². The Balaban J connectivity index is 1.19. The molecule has 0 saturated carbocycles. The van der Waals surface area contributed by atoms with Gasteiger partial charge in [-0.15, -0.1) is 0 Å². The van der Waals surface area contributed by atoms with E-state index in [2.05, 4.69) is 40.5 Å². The standard InChI is InChI=1S/C22H24N2O3/c25-22-12-18(14-24(22)19-10-16-3-1-2-4-17(16)11-19)23-13-15-5-6-20-21(9-15)27-8-7-26-20/h1-6,9,18-19,23H,7-8,10-14H2/t18-/m0/s1. The second-order valence-corrected chi connectivity index (χ2v) is 7.64. The third-order valence-corrected chi connectivity index (χ3v) is 5.83. The van der Waals surface area contributed by atoms with Crippen molar-refractivity contribution < 1.29 is 14.3 Å². The fraction of sp³-hybridized carbons (Fsp3) is 0.409. The Morgan fingerprint density at radius 1 is 0.963 bits per heavy atom. The summed E-state index contributed by atoms with van der Waals surface area (Å²) < 4.78 is 11.2. The van der Waals surface area contributed by atoms with Crippen molar-refractivity contribution in [1.82, 2.24) is 10.2 Å². The van der Waals surface area contributed by atoms with E-state index in [1.54, 1.807) is 0 Å². The van der Waals surface area contributed by atoms with E-state index in [1.165, 1.54) is 11.1 Å². The number of ether oxygens (including phenoxy) is 2. The zero-order chi connectivity index (χ0) is 18.2. The van der Waals surface area contributed by atoms with Crippen molar-refractivity contribution in [3.8, 4) is 11.5 Å². The van der Waals surface area contributed by atoms with Gasteiger partial charge < -0.3 is 19.7 Å². The van der Waals surface area contributed by atoms with Gasteiger partial charge >= 0.3 is 0 Å². The third-order valence-electron chi connectivity index (χ3n) is 5.83. The normalized spacial score (nSPS) is 21.6. The van der Waals surface area contributed by atoms with Crippen LogP contribution in [0.2, 0.25) is 0 Å². The highest BCUT2D eigenvalue weighted by atomic mass is 16.6. The number of carbonyl (C=O) groups is 1. The first kappa shape index (κ1) is 16.6. The molecule has 5 heteroatoms. The van der Waals surface area contributed by atoms with E-state index in [0.29, 0.717) is 25.7 Å².